The Morgan fingerprint density at radius 1 is 0.967 bits per heavy atom. The summed E-state index contributed by atoms with van der Waals surface area (Å²) < 4.78 is 39.7. The lowest BCUT2D eigenvalue weighted by Crippen LogP contribution is -2.42. The zero-order valence-corrected chi connectivity index (χ0v) is 17.7. The van der Waals surface area contributed by atoms with Gasteiger partial charge in [0.25, 0.3) is 0 Å². The van der Waals surface area contributed by atoms with Crippen molar-refractivity contribution < 1.29 is 17.9 Å². The van der Waals surface area contributed by atoms with Gasteiger partial charge in [-0.2, -0.15) is 4.31 Å². The third kappa shape index (κ3) is 3.74. The molecule has 4 rings (SSSR count). The average Bonchev–Trinajstić information content (AvgIpc) is 2.77. The molecular formula is C23H24N2O4S. The Labute approximate surface area is 177 Å². The number of fused-ring (bicyclic) bond motifs is 1. The molecule has 0 spiro atoms. The van der Waals surface area contributed by atoms with Gasteiger partial charge in [-0.3, -0.25) is 0 Å². The van der Waals surface area contributed by atoms with Crippen LogP contribution in [0.1, 0.15) is 24.2 Å². The molecule has 0 fully saturated rings. The average molecular weight is 425 g/mol. The van der Waals surface area contributed by atoms with Gasteiger partial charge in [0.1, 0.15) is 11.1 Å². The lowest BCUT2D eigenvalue weighted by Gasteiger charge is -2.37. The molecule has 3 aromatic rings. The number of sulfonamides is 1. The van der Waals surface area contributed by atoms with E-state index in [1.165, 1.54) is 4.31 Å². The van der Waals surface area contributed by atoms with Gasteiger partial charge < -0.3 is 14.8 Å². The molecule has 0 saturated heterocycles. The summed E-state index contributed by atoms with van der Waals surface area (Å²) in [7, 11) is -2.15. The topological polar surface area (TPSA) is 67.9 Å². The molecule has 1 atom stereocenters. The molecule has 0 saturated carbocycles. The van der Waals surface area contributed by atoms with Gasteiger partial charge in [0, 0.05) is 6.54 Å². The summed E-state index contributed by atoms with van der Waals surface area (Å²) in [6.07, 6.45) is -0.588. The fraction of sp³-hybridized carbons (Fsp3) is 0.217. The Bertz CT molecular complexity index is 1130. The van der Waals surface area contributed by atoms with Crippen LogP contribution in [-0.2, 0) is 16.6 Å². The van der Waals surface area contributed by atoms with Crippen LogP contribution in [0.5, 0.6) is 11.5 Å². The molecule has 0 aliphatic carbocycles. The molecule has 156 valence electrons. The van der Waals surface area contributed by atoms with E-state index in [9.17, 15) is 8.42 Å². The summed E-state index contributed by atoms with van der Waals surface area (Å²) in [5, 5.41) is 3.39. The van der Waals surface area contributed by atoms with Crippen molar-refractivity contribution >= 4 is 15.7 Å². The number of nitrogens with zero attached hydrogens (tertiary/aromatic N) is 1. The van der Waals surface area contributed by atoms with Crippen molar-refractivity contribution in [3.8, 4) is 11.5 Å². The van der Waals surface area contributed by atoms with E-state index < -0.39 is 16.2 Å². The van der Waals surface area contributed by atoms with Crippen LogP contribution in [-0.4, -0.2) is 26.4 Å². The Hall–Kier alpha value is -3.03. The maximum atomic E-state index is 13.5. The lowest BCUT2D eigenvalue weighted by molar-refractivity contribution is 0.307. The van der Waals surface area contributed by atoms with Gasteiger partial charge >= 0.3 is 0 Å². The fourth-order valence-corrected chi connectivity index (χ4v) is 5.29. The van der Waals surface area contributed by atoms with Crippen molar-refractivity contribution in [1.29, 1.82) is 0 Å². The zero-order chi connectivity index (χ0) is 21.1. The molecule has 0 amide bonds. The lowest BCUT2D eigenvalue weighted by atomic mass is 10.1. The summed E-state index contributed by atoms with van der Waals surface area (Å²) in [6, 6.07) is 22.0. The predicted molar refractivity (Wildman–Crippen MR) is 116 cm³/mol. The first-order valence-corrected chi connectivity index (χ1v) is 11.2. The molecule has 1 aliphatic heterocycles. The number of benzene rings is 3. The van der Waals surface area contributed by atoms with Gasteiger partial charge in [-0.1, -0.05) is 48.5 Å². The Kier molecular flexibility index (Phi) is 5.65. The first-order valence-electron chi connectivity index (χ1n) is 9.76. The number of hydrogen-bond donors (Lipinski definition) is 1. The highest BCUT2D eigenvalue weighted by Gasteiger charge is 2.39. The molecule has 3 aromatic carbocycles. The van der Waals surface area contributed by atoms with Crippen molar-refractivity contribution in [3.05, 3.63) is 83.9 Å². The number of hydrogen-bond acceptors (Lipinski definition) is 5. The first-order chi connectivity index (χ1) is 14.5. The molecule has 0 radical (unpaired) electrons. The normalized spacial score (nSPS) is 17.6. The van der Waals surface area contributed by atoms with E-state index in [0.717, 1.165) is 11.1 Å². The van der Waals surface area contributed by atoms with Crippen molar-refractivity contribution in [2.24, 2.45) is 0 Å². The van der Waals surface area contributed by atoms with Crippen LogP contribution < -0.4 is 14.8 Å². The molecule has 0 bridgehead atoms. The zero-order valence-electron chi connectivity index (χ0n) is 16.9. The van der Waals surface area contributed by atoms with E-state index in [1.807, 2.05) is 61.5 Å². The highest BCUT2D eigenvalue weighted by molar-refractivity contribution is 7.89. The van der Waals surface area contributed by atoms with Gasteiger partial charge in [-0.15, -0.1) is 0 Å². The number of methoxy groups -OCH3 is 1. The van der Waals surface area contributed by atoms with Crippen molar-refractivity contribution in [2.75, 3.05) is 19.0 Å². The second kappa shape index (κ2) is 8.38. The summed E-state index contributed by atoms with van der Waals surface area (Å²) >= 11 is 0. The monoisotopic (exact) mass is 424 g/mol. The third-order valence-corrected chi connectivity index (χ3v) is 6.91. The molecule has 1 aliphatic rings. The Balaban J connectivity index is 1.81. The van der Waals surface area contributed by atoms with E-state index in [2.05, 4.69) is 5.32 Å². The van der Waals surface area contributed by atoms with Crippen LogP contribution in [0.4, 0.5) is 5.69 Å². The van der Waals surface area contributed by atoms with Crippen molar-refractivity contribution in [1.82, 2.24) is 4.31 Å². The van der Waals surface area contributed by atoms with E-state index in [0.29, 0.717) is 23.8 Å². The number of para-hydroxylation sites is 1. The smallest absolute Gasteiger partial charge is 0.247 e. The maximum absolute atomic E-state index is 13.5. The molecule has 30 heavy (non-hydrogen) atoms. The number of rotatable bonds is 6. The minimum atomic E-state index is -3.72. The van der Waals surface area contributed by atoms with Crippen LogP contribution in [0.2, 0.25) is 0 Å². The number of nitrogens with one attached hydrogen (secondary N) is 1. The molecule has 7 heteroatoms. The fourth-order valence-electron chi connectivity index (χ4n) is 3.61. The molecule has 0 aromatic heterocycles. The summed E-state index contributed by atoms with van der Waals surface area (Å²) in [4.78, 5) is 0.273. The third-order valence-electron chi connectivity index (χ3n) is 5.04. The van der Waals surface area contributed by atoms with Crippen molar-refractivity contribution in [2.45, 2.75) is 24.5 Å². The van der Waals surface area contributed by atoms with Gasteiger partial charge in [0.2, 0.25) is 10.0 Å². The summed E-state index contributed by atoms with van der Waals surface area (Å²) in [5.41, 5.74) is 2.26. The van der Waals surface area contributed by atoms with Gasteiger partial charge in [0.15, 0.2) is 11.5 Å². The Morgan fingerprint density at radius 3 is 2.43 bits per heavy atom. The Morgan fingerprint density at radius 2 is 1.70 bits per heavy atom. The second-order valence-corrected chi connectivity index (χ2v) is 8.78. The molecule has 1 unspecified atom stereocenters. The second-order valence-electron chi connectivity index (χ2n) is 6.92. The SMILES string of the molecule is CCOc1ccc(C2Nc3ccccc3S(=O)(=O)N2Cc2ccccc2)cc1OC. The summed E-state index contributed by atoms with van der Waals surface area (Å²) in [6.45, 7) is 2.66. The molecule has 6 nitrogen and oxygen atoms in total. The van der Waals surface area contributed by atoms with E-state index in [-0.39, 0.29) is 11.4 Å². The van der Waals surface area contributed by atoms with E-state index in [4.69, 9.17) is 9.47 Å². The van der Waals surface area contributed by atoms with Crippen LogP contribution in [0.25, 0.3) is 0 Å². The highest BCUT2D eigenvalue weighted by atomic mass is 32.2. The standard InChI is InChI=1S/C23H24N2O4S/c1-3-29-20-14-13-18(15-21(20)28-2)23-24-19-11-7-8-12-22(19)30(26,27)25(23)16-17-9-5-4-6-10-17/h4-15,23-24H,3,16H2,1-2H3. The molecule has 1 heterocycles. The van der Waals surface area contributed by atoms with E-state index >= 15 is 0 Å². The quantitative estimate of drug-likeness (QED) is 0.635. The molecule has 1 N–H and O–H groups in total. The minimum Gasteiger partial charge on any atom is -0.493 e. The van der Waals surface area contributed by atoms with Crippen LogP contribution in [0.3, 0.4) is 0 Å². The minimum absolute atomic E-state index is 0.241. The number of anilines is 1. The first kappa shape index (κ1) is 20.3. The van der Waals surface area contributed by atoms with Gasteiger partial charge in [-0.25, -0.2) is 8.42 Å². The van der Waals surface area contributed by atoms with E-state index in [1.54, 1.807) is 25.3 Å². The maximum Gasteiger partial charge on any atom is 0.247 e. The highest BCUT2D eigenvalue weighted by Crippen LogP contribution is 2.41. The van der Waals surface area contributed by atoms with Gasteiger partial charge in [0.05, 0.1) is 19.4 Å². The van der Waals surface area contributed by atoms with Gasteiger partial charge in [-0.05, 0) is 42.3 Å². The van der Waals surface area contributed by atoms with Crippen LogP contribution >= 0.6 is 0 Å². The van der Waals surface area contributed by atoms with Crippen LogP contribution in [0.15, 0.2) is 77.7 Å². The predicted octanol–water partition coefficient (Wildman–Crippen LogP) is 4.41. The largest absolute Gasteiger partial charge is 0.493 e. The van der Waals surface area contributed by atoms with Crippen LogP contribution in [0, 0.1) is 0 Å². The molecular weight excluding hydrogens is 400 g/mol. The van der Waals surface area contributed by atoms with Crippen molar-refractivity contribution in [3.63, 3.8) is 0 Å². The number of ether oxygens (including phenoxy) is 2. The summed E-state index contributed by atoms with van der Waals surface area (Å²) in [5.74, 6) is 1.18.